The number of rotatable bonds is 0. The van der Waals surface area contributed by atoms with E-state index in [0.29, 0.717) is 0 Å². The first kappa shape index (κ1) is 52.1. The van der Waals surface area contributed by atoms with Gasteiger partial charge in [0.05, 0.1) is 0 Å². The Morgan fingerprint density at radius 2 is 0.625 bits per heavy atom. The summed E-state index contributed by atoms with van der Waals surface area (Å²) < 4.78 is 0. The average molecular weight is 142 g/mol. The minimum Gasteiger partial charge on any atom is -0.857 e. The zero-order valence-electron chi connectivity index (χ0n) is 6.23. The van der Waals surface area contributed by atoms with Crippen molar-refractivity contribution in [2.24, 2.45) is 0 Å². The predicted octanol–water partition coefficient (Wildman–Crippen LogP) is -7.72. The van der Waals surface area contributed by atoms with Crippen LogP contribution in [-0.4, -0.2) is 14.2 Å². The molecule has 4 nitrogen and oxygen atoms in total. The summed E-state index contributed by atoms with van der Waals surface area (Å²) in [7, 11) is 1.50. The fraction of sp³-hybridized carbons (Fsp3) is 1.00. The zero-order chi connectivity index (χ0) is 4.00. The van der Waals surface area contributed by atoms with Gasteiger partial charge in [-0.2, -0.15) is 14.2 Å². The van der Waals surface area contributed by atoms with Crippen molar-refractivity contribution in [2.45, 2.75) is 0 Å². The van der Waals surface area contributed by atoms with Gasteiger partial charge in [0.25, 0.3) is 0 Å². The Hall–Kier alpha value is 1.84. The minimum atomic E-state index is 0. The van der Waals surface area contributed by atoms with Crippen LogP contribution in [0.3, 0.4) is 0 Å². The van der Waals surface area contributed by atoms with Gasteiger partial charge in [0.1, 0.15) is 0 Å². The van der Waals surface area contributed by atoms with Crippen molar-refractivity contribution < 1.29 is 69.3 Å². The summed E-state index contributed by atoms with van der Waals surface area (Å²) in [5.41, 5.74) is 0. The standard InChI is InChI=1S/2CH3O.2H3N.2Na/c2*1-2;;;;/h2*1H3;2*1H3;;/q2*-1;;;2*+1. The van der Waals surface area contributed by atoms with E-state index in [1.165, 1.54) is 0 Å². The zero-order valence-corrected chi connectivity index (χ0v) is 10.2. The second kappa shape index (κ2) is 160. The van der Waals surface area contributed by atoms with Gasteiger partial charge in [0.2, 0.25) is 0 Å². The van der Waals surface area contributed by atoms with Crippen molar-refractivity contribution in [3.63, 3.8) is 0 Å². The van der Waals surface area contributed by atoms with Crippen LogP contribution in [0.4, 0.5) is 0 Å². The smallest absolute Gasteiger partial charge is 0.857 e. The fourth-order valence-corrected chi connectivity index (χ4v) is 0. The quantitative estimate of drug-likeness (QED) is 0.327. The number of hydrogen-bond acceptors (Lipinski definition) is 4. The van der Waals surface area contributed by atoms with Crippen LogP contribution in [0.25, 0.3) is 0 Å². The molecule has 6 heteroatoms. The molecule has 0 heterocycles. The molecule has 0 spiro atoms. The van der Waals surface area contributed by atoms with E-state index in [-0.39, 0.29) is 71.4 Å². The molecule has 0 unspecified atom stereocenters. The van der Waals surface area contributed by atoms with Crippen molar-refractivity contribution in [3.8, 4) is 0 Å². The van der Waals surface area contributed by atoms with Gasteiger partial charge in [-0.15, -0.1) is 0 Å². The molecule has 0 saturated heterocycles. The van der Waals surface area contributed by atoms with E-state index < -0.39 is 0 Å². The molecule has 0 radical (unpaired) electrons. The molecule has 0 amide bonds. The van der Waals surface area contributed by atoms with Gasteiger partial charge < -0.3 is 22.5 Å². The van der Waals surface area contributed by atoms with Gasteiger partial charge in [-0.1, -0.05) is 0 Å². The first-order valence-electron chi connectivity index (χ1n) is 0.816. The van der Waals surface area contributed by atoms with E-state index in [1.54, 1.807) is 0 Å². The SMILES string of the molecule is C[O-].C[O-].N.N.[Na+].[Na+]. The summed E-state index contributed by atoms with van der Waals surface area (Å²) >= 11 is 0. The van der Waals surface area contributed by atoms with Crippen LogP contribution in [-0.2, 0) is 0 Å². The molecular formula is C2H12N2Na2O2. The number of hydrogen-bond donors (Lipinski definition) is 2. The summed E-state index contributed by atoms with van der Waals surface area (Å²) in [6.45, 7) is 0. The third-order valence-corrected chi connectivity index (χ3v) is 0. The summed E-state index contributed by atoms with van der Waals surface area (Å²) in [5, 5.41) is 16.5. The summed E-state index contributed by atoms with van der Waals surface area (Å²) in [6.07, 6.45) is 0. The molecule has 0 aliphatic heterocycles. The van der Waals surface area contributed by atoms with Crippen LogP contribution in [0.1, 0.15) is 0 Å². The van der Waals surface area contributed by atoms with Crippen LogP contribution >= 0.6 is 0 Å². The minimum absolute atomic E-state index is 0. The van der Waals surface area contributed by atoms with Crippen LogP contribution in [0.5, 0.6) is 0 Å². The van der Waals surface area contributed by atoms with E-state index in [0.717, 1.165) is 14.2 Å². The fourth-order valence-electron chi connectivity index (χ4n) is 0. The molecule has 6 N–H and O–H groups in total. The second-order valence-corrected chi connectivity index (χ2v) is 0. The molecule has 0 atom stereocenters. The third-order valence-electron chi connectivity index (χ3n) is 0. The van der Waals surface area contributed by atoms with Gasteiger partial charge in [-0.3, -0.25) is 0 Å². The summed E-state index contributed by atoms with van der Waals surface area (Å²) in [5.74, 6) is 0. The van der Waals surface area contributed by atoms with Crippen LogP contribution in [0, 0.1) is 0 Å². The summed E-state index contributed by atoms with van der Waals surface area (Å²) in [6, 6.07) is 0. The Morgan fingerprint density at radius 3 is 0.625 bits per heavy atom. The molecule has 8 heavy (non-hydrogen) atoms. The maximum Gasteiger partial charge on any atom is 1.00 e. The Labute approximate surface area is 94.8 Å². The van der Waals surface area contributed by atoms with E-state index in [9.17, 15) is 0 Å². The molecule has 0 aliphatic rings. The maximum absolute atomic E-state index is 8.25. The van der Waals surface area contributed by atoms with Crippen LogP contribution in [0.2, 0.25) is 0 Å². The van der Waals surface area contributed by atoms with Gasteiger partial charge in [-0.25, -0.2) is 0 Å². The predicted molar refractivity (Wildman–Crippen MR) is 21.9 cm³/mol. The van der Waals surface area contributed by atoms with Crippen molar-refractivity contribution >= 4 is 0 Å². The Kier molecular flexibility index (Phi) is 1050. The van der Waals surface area contributed by atoms with E-state index in [4.69, 9.17) is 10.2 Å². The largest absolute Gasteiger partial charge is 1.00 e. The molecule has 0 aliphatic carbocycles. The van der Waals surface area contributed by atoms with E-state index in [2.05, 4.69) is 0 Å². The first-order valence-corrected chi connectivity index (χ1v) is 0.816. The molecule has 0 rings (SSSR count). The molecule has 0 saturated carbocycles. The van der Waals surface area contributed by atoms with Crippen molar-refractivity contribution in [2.75, 3.05) is 14.2 Å². The molecule has 0 aromatic rings. The van der Waals surface area contributed by atoms with Crippen LogP contribution in [0.15, 0.2) is 0 Å². The van der Waals surface area contributed by atoms with Gasteiger partial charge in [0, 0.05) is 0 Å². The molecule has 0 aromatic carbocycles. The third kappa shape index (κ3) is 108. The van der Waals surface area contributed by atoms with Crippen molar-refractivity contribution in [1.82, 2.24) is 12.3 Å². The molecule has 44 valence electrons. The van der Waals surface area contributed by atoms with Gasteiger partial charge >= 0.3 is 59.1 Å². The Bertz CT molecular complexity index is 16.0. The van der Waals surface area contributed by atoms with Crippen LogP contribution < -0.4 is 81.6 Å². The van der Waals surface area contributed by atoms with Gasteiger partial charge in [0.15, 0.2) is 0 Å². The topological polar surface area (TPSA) is 116 Å². The Morgan fingerprint density at radius 1 is 0.625 bits per heavy atom. The maximum atomic E-state index is 8.25. The van der Waals surface area contributed by atoms with Gasteiger partial charge in [-0.05, 0) is 0 Å². The second-order valence-electron chi connectivity index (χ2n) is 0. The first-order chi connectivity index (χ1) is 2.00. The molecule has 0 aromatic heterocycles. The normalized spacial score (nSPS) is 1.50. The molecular weight excluding hydrogens is 130 g/mol. The Balaban J connectivity index is -0.00000000167. The van der Waals surface area contributed by atoms with E-state index >= 15 is 0 Å². The van der Waals surface area contributed by atoms with Crippen molar-refractivity contribution in [3.05, 3.63) is 0 Å². The van der Waals surface area contributed by atoms with Crippen molar-refractivity contribution in [1.29, 1.82) is 0 Å². The molecule has 0 bridgehead atoms. The molecule has 0 fully saturated rings. The monoisotopic (exact) mass is 142 g/mol. The summed E-state index contributed by atoms with van der Waals surface area (Å²) in [4.78, 5) is 0. The van der Waals surface area contributed by atoms with E-state index in [1.807, 2.05) is 0 Å². The average Bonchev–Trinajstić information content (AvgIpc) is 1.50.